The van der Waals surface area contributed by atoms with Gasteiger partial charge in [0.1, 0.15) is 5.75 Å². The molecular weight excluding hydrogens is 416 g/mol. The van der Waals surface area contributed by atoms with Crippen molar-refractivity contribution in [2.24, 2.45) is 0 Å². The summed E-state index contributed by atoms with van der Waals surface area (Å²) < 4.78 is 10.8. The van der Waals surface area contributed by atoms with Gasteiger partial charge in [0.15, 0.2) is 5.82 Å². The molecule has 4 rings (SSSR count). The fourth-order valence-electron chi connectivity index (χ4n) is 4.30. The molecule has 7 heteroatoms. The molecule has 0 aliphatic carbocycles. The monoisotopic (exact) mass is 444 g/mol. The lowest BCUT2D eigenvalue weighted by Crippen LogP contribution is -2.54. The highest BCUT2D eigenvalue weighted by Gasteiger charge is 2.38. The van der Waals surface area contributed by atoms with Gasteiger partial charge in [0.25, 0.3) is 11.8 Å². The Morgan fingerprint density at radius 3 is 2.73 bits per heavy atom. The van der Waals surface area contributed by atoms with Crippen LogP contribution in [-0.4, -0.2) is 40.8 Å². The molecule has 0 saturated heterocycles. The molecule has 1 aliphatic rings. The minimum absolute atomic E-state index is 0.219. The van der Waals surface area contributed by atoms with Crippen molar-refractivity contribution in [2.45, 2.75) is 45.3 Å². The molecule has 0 fully saturated rings. The number of nitrogens with zero attached hydrogens (tertiary/aromatic N) is 3. The van der Waals surface area contributed by atoms with Gasteiger partial charge in [-0.1, -0.05) is 36.7 Å². The number of carbonyl (C=O) groups is 1. The van der Waals surface area contributed by atoms with Crippen LogP contribution in [0.25, 0.3) is 11.5 Å². The Morgan fingerprint density at radius 1 is 1.30 bits per heavy atom. The van der Waals surface area contributed by atoms with E-state index in [1.807, 2.05) is 42.5 Å². The largest absolute Gasteiger partial charge is 0.497 e. The molecule has 0 radical (unpaired) electrons. The van der Waals surface area contributed by atoms with Gasteiger partial charge < -0.3 is 14.2 Å². The van der Waals surface area contributed by atoms with E-state index in [9.17, 15) is 4.79 Å². The Hall–Kier alpha value is -3.63. The minimum Gasteiger partial charge on any atom is -0.497 e. The zero-order valence-electron chi connectivity index (χ0n) is 19.2. The fourth-order valence-corrected chi connectivity index (χ4v) is 4.30. The van der Waals surface area contributed by atoms with E-state index in [-0.39, 0.29) is 18.1 Å². The quantitative estimate of drug-likeness (QED) is 0.440. The molecule has 0 spiro atoms. The molecule has 33 heavy (non-hydrogen) atoms. The number of amides is 1. The van der Waals surface area contributed by atoms with Crippen LogP contribution >= 0.6 is 0 Å². The van der Waals surface area contributed by atoms with Crippen molar-refractivity contribution in [3.8, 4) is 29.5 Å². The highest BCUT2D eigenvalue weighted by atomic mass is 16.5. The Labute approximate surface area is 194 Å². The van der Waals surface area contributed by atoms with Gasteiger partial charge in [-0.05, 0) is 66.8 Å². The molecule has 0 unspecified atom stereocenters. The smallest absolute Gasteiger partial charge is 0.300 e. The van der Waals surface area contributed by atoms with Crippen LogP contribution in [0.2, 0.25) is 0 Å². The average molecular weight is 445 g/mol. The number of carbonyl (C=O) groups excluding carboxylic acids is 1. The Kier molecular flexibility index (Phi) is 6.76. The van der Waals surface area contributed by atoms with Crippen LogP contribution in [0.3, 0.4) is 0 Å². The predicted molar refractivity (Wildman–Crippen MR) is 125 cm³/mol. The highest BCUT2D eigenvalue weighted by molar-refractivity contribution is 5.94. The summed E-state index contributed by atoms with van der Waals surface area (Å²) in [6, 6.07) is 13.5. The summed E-state index contributed by atoms with van der Waals surface area (Å²) in [7, 11) is 1.66. The first-order chi connectivity index (χ1) is 16.0. The van der Waals surface area contributed by atoms with Crippen molar-refractivity contribution in [1.82, 2.24) is 20.4 Å². The minimum atomic E-state index is -0.341. The molecule has 2 heterocycles. The SMILES string of the molecule is C#CC(=O)N1[C@@H](c2ccc(-c3nc(C)no3)cc2)c2ccc(OC)cc2C[C@@H]1NCCCC. The van der Waals surface area contributed by atoms with Crippen molar-refractivity contribution in [3.05, 3.63) is 65.0 Å². The van der Waals surface area contributed by atoms with Crippen LogP contribution in [0.15, 0.2) is 47.0 Å². The Bertz CT molecular complexity index is 1160. The van der Waals surface area contributed by atoms with Gasteiger partial charge in [-0.25, -0.2) is 0 Å². The molecular formula is C26H28N4O3. The van der Waals surface area contributed by atoms with E-state index in [2.05, 4.69) is 28.3 Å². The topological polar surface area (TPSA) is 80.5 Å². The molecule has 3 aromatic rings. The summed E-state index contributed by atoms with van der Waals surface area (Å²) in [5.74, 6) is 3.83. The van der Waals surface area contributed by atoms with E-state index in [1.165, 1.54) is 0 Å². The Balaban J connectivity index is 1.78. The maximum Gasteiger partial charge on any atom is 0.300 e. The number of fused-ring (bicyclic) bond motifs is 1. The van der Waals surface area contributed by atoms with E-state index in [1.54, 1.807) is 18.9 Å². The average Bonchev–Trinajstić information content (AvgIpc) is 3.28. The van der Waals surface area contributed by atoms with Gasteiger partial charge in [-0.3, -0.25) is 10.1 Å². The number of benzene rings is 2. The maximum atomic E-state index is 13.0. The third-order valence-corrected chi connectivity index (χ3v) is 5.94. The van der Waals surface area contributed by atoms with Crippen LogP contribution < -0.4 is 10.1 Å². The predicted octanol–water partition coefficient (Wildman–Crippen LogP) is 3.88. The number of hydrogen-bond acceptors (Lipinski definition) is 6. The van der Waals surface area contributed by atoms with E-state index in [0.29, 0.717) is 18.1 Å². The summed E-state index contributed by atoms with van der Waals surface area (Å²) in [4.78, 5) is 19.1. The van der Waals surface area contributed by atoms with Crippen molar-refractivity contribution >= 4 is 5.91 Å². The normalized spacial score (nSPS) is 17.3. The number of methoxy groups -OCH3 is 1. The van der Waals surface area contributed by atoms with Crippen molar-refractivity contribution in [1.29, 1.82) is 0 Å². The summed E-state index contributed by atoms with van der Waals surface area (Å²) in [6.45, 7) is 4.73. The van der Waals surface area contributed by atoms with Crippen LogP contribution in [-0.2, 0) is 11.2 Å². The first-order valence-electron chi connectivity index (χ1n) is 11.2. The standard InChI is InChI=1S/C26H28N4O3/c1-5-7-14-27-23-16-20-15-21(32-4)12-13-22(20)25(30(23)24(31)6-2)18-8-10-19(11-9-18)26-28-17(3)29-33-26/h2,8-13,15,23,25,27H,5,7,14,16H2,1,3-4H3/t23-,25+/m1/s1. The number of nitrogens with one attached hydrogen (secondary N) is 1. The van der Waals surface area contributed by atoms with Crippen molar-refractivity contribution in [3.63, 3.8) is 0 Å². The molecule has 0 bridgehead atoms. The molecule has 1 aliphatic heterocycles. The first kappa shape index (κ1) is 22.6. The summed E-state index contributed by atoms with van der Waals surface area (Å²) in [5.41, 5.74) is 3.94. The number of rotatable bonds is 7. The highest BCUT2D eigenvalue weighted by Crippen LogP contribution is 2.39. The van der Waals surface area contributed by atoms with E-state index in [4.69, 9.17) is 15.7 Å². The van der Waals surface area contributed by atoms with E-state index < -0.39 is 0 Å². The second-order valence-electron chi connectivity index (χ2n) is 8.12. The second kappa shape index (κ2) is 9.88. The van der Waals surface area contributed by atoms with Gasteiger partial charge in [0, 0.05) is 12.0 Å². The number of hydrogen-bond donors (Lipinski definition) is 1. The second-order valence-corrected chi connectivity index (χ2v) is 8.12. The van der Waals surface area contributed by atoms with Crippen molar-refractivity contribution in [2.75, 3.05) is 13.7 Å². The lowest BCUT2D eigenvalue weighted by Gasteiger charge is -2.43. The van der Waals surface area contributed by atoms with Gasteiger partial charge >= 0.3 is 0 Å². The number of aromatic nitrogens is 2. The van der Waals surface area contributed by atoms with Gasteiger partial charge in [0.2, 0.25) is 0 Å². The molecule has 0 saturated carbocycles. The Morgan fingerprint density at radius 2 is 2.09 bits per heavy atom. The van der Waals surface area contributed by atoms with Crippen LogP contribution in [0.5, 0.6) is 5.75 Å². The van der Waals surface area contributed by atoms with Gasteiger partial charge in [-0.15, -0.1) is 6.42 Å². The van der Waals surface area contributed by atoms with Crippen LogP contribution in [0, 0.1) is 19.3 Å². The molecule has 1 amide bonds. The zero-order chi connectivity index (χ0) is 23.4. The lowest BCUT2D eigenvalue weighted by atomic mass is 9.86. The number of unbranched alkanes of at least 4 members (excludes halogenated alkanes) is 1. The summed E-state index contributed by atoms with van der Waals surface area (Å²) in [5, 5.41) is 7.40. The number of ether oxygens (including phenoxy) is 1. The molecule has 170 valence electrons. The lowest BCUT2D eigenvalue weighted by molar-refractivity contribution is -0.130. The van der Waals surface area contributed by atoms with Crippen molar-refractivity contribution < 1.29 is 14.1 Å². The van der Waals surface area contributed by atoms with E-state index in [0.717, 1.165) is 47.4 Å². The molecule has 2 atom stereocenters. The van der Waals surface area contributed by atoms with Crippen LogP contribution in [0.1, 0.15) is 48.3 Å². The fraction of sp³-hybridized carbons (Fsp3) is 0.346. The molecule has 1 aromatic heterocycles. The van der Waals surface area contributed by atoms with Gasteiger partial charge in [0.05, 0.1) is 19.3 Å². The zero-order valence-corrected chi connectivity index (χ0v) is 19.2. The number of terminal acetylenes is 1. The molecule has 1 N–H and O–H groups in total. The number of aryl methyl sites for hydroxylation is 1. The summed E-state index contributed by atoms with van der Waals surface area (Å²) in [6.07, 6.45) is 8.12. The third-order valence-electron chi connectivity index (χ3n) is 5.94. The molecule has 7 nitrogen and oxygen atoms in total. The first-order valence-corrected chi connectivity index (χ1v) is 11.2. The third kappa shape index (κ3) is 4.62. The van der Waals surface area contributed by atoms with Crippen LogP contribution in [0.4, 0.5) is 0 Å². The summed E-state index contributed by atoms with van der Waals surface area (Å²) >= 11 is 0. The molecule has 2 aromatic carbocycles. The van der Waals surface area contributed by atoms with Gasteiger partial charge in [-0.2, -0.15) is 4.98 Å². The van der Waals surface area contributed by atoms with E-state index >= 15 is 0 Å². The maximum absolute atomic E-state index is 13.0.